The maximum absolute atomic E-state index is 11.7. The first-order chi connectivity index (χ1) is 7.79. The molecule has 1 saturated carbocycles. The summed E-state index contributed by atoms with van der Waals surface area (Å²) in [5.74, 6) is 0.404. The van der Waals surface area contributed by atoms with Gasteiger partial charge in [0.05, 0.1) is 0 Å². The molecule has 3 heteroatoms. The molecule has 0 spiro atoms. The fraction of sp³-hybridized carbons (Fsp3) is 0.462. The van der Waals surface area contributed by atoms with Crippen LogP contribution < -0.4 is 5.73 Å². The van der Waals surface area contributed by atoms with E-state index in [-0.39, 0.29) is 5.92 Å². The summed E-state index contributed by atoms with van der Waals surface area (Å²) in [6.45, 7) is 0. The van der Waals surface area contributed by atoms with Crippen LogP contribution in [0.1, 0.15) is 37.2 Å². The summed E-state index contributed by atoms with van der Waals surface area (Å²) in [4.78, 5) is 11.7. The SMILES string of the molecule is CN.O=C1CCCCC1c1ccccc1Cl. The van der Waals surface area contributed by atoms with E-state index in [9.17, 15) is 4.79 Å². The molecule has 16 heavy (non-hydrogen) atoms. The zero-order valence-electron chi connectivity index (χ0n) is 9.58. The van der Waals surface area contributed by atoms with Crippen molar-refractivity contribution >= 4 is 17.4 Å². The van der Waals surface area contributed by atoms with Crippen molar-refractivity contribution in [1.82, 2.24) is 0 Å². The first-order valence-corrected chi connectivity index (χ1v) is 6.01. The van der Waals surface area contributed by atoms with Crippen molar-refractivity contribution in [2.24, 2.45) is 5.73 Å². The van der Waals surface area contributed by atoms with E-state index < -0.39 is 0 Å². The van der Waals surface area contributed by atoms with Gasteiger partial charge in [-0.15, -0.1) is 0 Å². The molecule has 2 nitrogen and oxygen atoms in total. The Bertz CT molecular complexity index is 352. The van der Waals surface area contributed by atoms with Gasteiger partial charge in [-0.25, -0.2) is 0 Å². The quantitative estimate of drug-likeness (QED) is 0.818. The van der Waals surface area contributed by atoms with Gasteiger partial charge in [0.25, 0.3) is 0 Å². The molecular formula is C13H18ClNO. The lowest BCUT2D eigenvalue weighted by atomic mass is 9.83. The summed E-state index contributed by atoms with van der Waals surface area (Å²) in [5, 5.41) is 0.729. The molecule has 0 radical (unpaired) electrons. The topological polar surface area (TPSA) is 43.1 Å². The normalized spacial score (nSPS) is 19.9. The summed E-state index contributed by atoms with van der Waals surface area (Å²) >= 11 is 6.07. The number of rotatable bonds is 1. The number of benzene rings is 1. The summed E-state index contributed by atoms with van der Waals surface area (Å²) in [5.41, 5.74) is 5.51. The highest BCUT2D eigenvalue weighted by molar-refractivity contribution is 6.31. The molecule has 1 aromatic carbocycles. The molecule has 2 rings (SSSR count). The van der Waals surface area contributed by atoms with E-state index >= 15 is 0 Å². The Morgan fingerprint density at radius 3 is 2.56 bits per heavy atom. The number of hydrogen-bond acceptors (Lipinski definition) is 2. The standard InChI is InChI=1S/C12H13ClO.CH5N/c13-11-7-3-1-5-9(11)10-6-2-4-8-12(10)14;1-2/h1,3,5,7,10H,2,4,6,8H2;2H2,1H3. The zero-order chi connectivity index (χ0) is 12.0. The van der Waals surface area contributed by atoms with Gasteiger partial charge in [0.1, 0.15) is 5.78 Å². The molecule has 88 valence electrons. The van der Waals surface area contributed by atoms with Crippen LogP contribution in [0.15, 0.2) is 24.3 Å². The second kappa shape index (κ2) is 6.66. The summed E-state index contributed by atoms with van der Waals surface area (Å²) < 4.78 is 0. The van der Waals surface area contributed by atoms with E-state index in [0.717, 1.165) is 36.3 Å². The van der Waals surface area contributed by atoms with Crippen LogP contribution in [-0.4, -0.2) is 12.8 Å². The number of ketones is 1. The molecule has 2 N–H and O–H groups in total. The van der Waals surface area contributed by atoms with Gasteiger partial charge in [-0.1, -0.05) is 36.2 Å². The molecule has 1 aliphatic carbocycles. The predicted molar refractivity (Wildman–Crippen MR) is 67.8 cm³/mol. The van der Waals surface area contributed by atoms with Crippen LogP contribution in [0, 0.1) is 0 Å². The molecule has 0 aliphatic heterocycles. The number of nitrogens with two attached hydrogens (primary N) is 1. The number of carbonyl (C=O) groups excluding carboxylic acids is 1. The van der Waals surface area contributed by atoms with Gasteiger partial charge in [0, 0.05) is 17.4 Å². The molecule has 0 heterocycles. The van der Waals surface area contributed by atoms with Crippen molar-refractivity contribution in [3.05, 3.63) is 34.9 Å². The Morgan fingerprint density at radius 1 is 1.25 bits per heavy atom. The van der Waals surface area contributed by atoms with E-state index in [4.69, 9.17) is 11.6 Å². The van der Waals surface area contributed by atoms with Gasteiger partial charge in [0.15, 0.2) is 0 Å². The summed E-state index contributed by atoms with van der Waals surface area (Å²) in [6, 6.07) is 7.68. The van der Waals surface area contributed by atoms with Crippen molar-refractivity contribution < 1.29 is 4.79 Å². The molecule has 1 fully saturated rings. The highest BCUT2D eigenvalue weighted by atomic mass is 35.5. The predicted octanol–water partition coefficient (Wildman–Crippen LogP) is 3.14. The first-order valence-electron chi connectivity index (χ1n) is 5.64. The van der Waals surface area contributed by atoms with Crippen LogP contribution in [0.5, 0.6) is 0 Å². The Morgan fingerprint density at radius 2 is 1.94 bits per heavy atom. The first kappa shape index (κ1) is 13.2. The smallest absolute Gasteiger partial charge is 0.140 e. The molecule has 1 aliphatic rings. The summed E-state index contributed by atoms with van der Waals surface area (Å²) in [7, 11) is 1.50. The van der Waals surface area contributed by atoms with Crippen LogP contribution >= 0.6 is 11.6 Å². The average molecular weight is 240 g/mol. The van der Waals surface area contributed by atoms with Gasteiger partial charge in [-0.2, -0.15) is 0 Å². The number of carbonyl (C=O) groups is 1. The van der Waals surface area contributed by atoms with Gasteiger partial charge in [0.2, 0.25) is 0 Å². The van der Waals surface area contributed by atoms with Gasteiger partial charge in [-0.05, 0) is 31.5 Å². The Labute approximate surface area is 102 Å². The Kier molecular flexibility index (Phi) is 5.50. The van der Waals surface area contributed by atoms with Crippen LogP contribution in [-0.2, 0) is 4.79 Å². The van der Waals surface area contributed by atoms with E-state index in [2.05, 4.69) is 5.73 Å². The van der Waals surface area contributed by atoms with Crippen molar-refractivity contribution in [1.29, 1.82) is 0 Å². The van der Waals surface area contributed by atoms with Crippen molar-refractivity contribution in [3.63, 3.8) is 0 Å². The highest BCUT2D eigenvalue weighted by Gasteiger charge is 2.24. The lowest BCUT2D eigenvalue weighted by molar-refractivity contribution is -0.121. The van der Waals surface area contributed by atoms with Crippen molar-refractivity contribution in [2.75, 3.05) is 7.05 Å². The van der Waals surface area contributed by atoms with E-state index in [1.54, 1.807) is 0 Å². The highest BCUT2D eigenvalue weighted by Crippen LogP contribution is 2.33. The third-order valence-corrected chi connectivity index (χ3v) is 3.18. The largest absolute Gasteiger partial charge is 0.333 e. The van der Waals surface area contributed by atoms with Crippen LogP contribution in [0.4, 0.5) is 0 Å². The van der Waals surface area contributed by atoms with E-state index in [0.29, 0.717) is 5.78 Å². The maximum Gasteiger partial charge on any atom is 0.140 e. The van der Waals surface area contributed by atoms with Crippen LogP contribution in [0.2, 0.25) is 5.02 Å². The number of Topliss-reactive ketones (excluding diaryl/α,β-unsaturated/α-hetero) is 1. The molecule has 1 aromatic rings. The van der Waals surface area contributed by atoms with Crippen LogP contribution in [0.25, 0.3) is 0 Å². The molecule has 0 saturated heterocycles. The number of halogens is 1. The Hall–Kier alpha value is -0.860. The lowest BCUT2D eigenvalue weighted by Gasteiger charge is -2.21. The third kappa shape index (κ3) is 3.06. The summed E-state index contributed by atoms with van der Waals surface area (Å²) in [6.07, 6.45) is 3.86. The zero-order valence-corrected chi connectivity index (χ0v) is 10.3. The minimum atomic E-state index is 0.0532. The molecular weight excluding hydrogens is 222 g/mol. The monoisotopic (exact) mass is 239 g/mol. The van der Waals surface area contributed by atoms with Crippen molar-refractivity contribution in [2.45, 2.75) is 31.6 Å². The maximum atomic E-state index is 11.7. The van der Waals surface area contributed by atoms with Gasteiger partial charge in [-0.3, -0.25) is 4.79 Å². The molecule has 0 aromatic heterocycles. The fourth-order valence-corrected chi connectivity index (χ4v) is 2.34. The minimum Gasteiger partial charge on any atom is -0.333 e. The minimum absolute atomic E-state index is 0.0532. The molecule has 0 bridgehead atoms. The lowest BCUT2D eigenvalue weighted by Crippen LogP contribution is -2.17. The second-order valence-corrected chi connectivity index (χ2v) is 4.19. The van der Waals surface area contributed by atoms with Gasteiger partial charge >= 0.3 is 0 Å². The van der Waals surface area contributed by atoms with E-state index in [1.807, 2.05) is 24.3 Å². The van der Waals surface area contributed by atoms with E-state index in [1.165, 1.54) is 7.05 Å². The van der Waals surface area contributed by atoms with Crippen LogP contribution in [0.3, 0.4) is 0 Å². The fourth-order valence-electron chi connectivity index (χ4n) is 2.07. The molecule has 0 amide bonds. The second-order valence-electron chi connectivity index (χ2n) is 3.79. The third-order valence-electron chi connectivity index (χ3n) is 2.84. The number of hydrogen-bond donors (Lipinski definition) is 1. The Balaban J connectivity index is 0.000000606. The molecule has 1 unspecified atom stereocenters. The van der Waals surface area contributed by atoms with Crippen molar-refractivity contribution in [3.8, 4) is 0 Å². The molecule has 1 atom stereocenters. The van der Waals surface area contributed by atoms with Gasteiger partial charge < -0.3 is 5.73 Å². The average Bonchev–Trinajstić information content (AvgIpc) is 2.34.